The largest absolute Gasteiger partial charge is 0.497 e. The van der Waals surface area contributed by atoms with Gasteiger partial charge in [0.05, 0.1) is 17.7 Å². The van der Waals surface area contributed by atoms with E-state index < -0.39 is 14.9 Å². The molecule has 1 fully saturated rings. The lowest BCUT2D eigenvalue weighted by Gasteiger charge is -2.32. The Balaban J connectivity index is 1.62. The predicted molar refractivity (Wildman–Crippen MR) is 113 cm³/mol. The van der Waals surface area contributed by atoms with Crippen molar-refractivity contribution in [1.29, 1.82) is 0 Å². The fraction of sp³-hybridized carbons (Fsp3) is 0.250. The Hall–Kier alpha value is -3.40. The van der Waals surface area contributed by atoms with Gasteiger partial charge in [0.2, 0.25) is 0 Å². The molecule has 0 amide bonds. The van der Waals surface area contributed by atoms with Gasteiger partial charge in [-0.1, -0.05) is 12.2 Å². The highest BCUT2D eigenvalue weighted by atomic mass is 32.2. The van der Waals surface area contributed by atoms with Crippen molar-refractivity contribution in [3.63, 3.8) is 0 Å². The highest BCUT2D eigenvalue weighted by Gasteiger charge is 2.38. The number of hydrogen-bond donors (Lipinski definition) is 2. The van der Waals surface area contributed by atoms with Crippen LogP contribution in [0.3, 0.4) is 0 Å². The van der Waals surface area contributed by atoms with Crippen LogP contribution in [0.2, 0.25) is 0 Å². The van der Waals surface area contributed by atoms with Crippen molar-refractivity contribution in [3.8, 4) is 5.75 Å². The third kappa shape index (κ3) is 3.86. The lowest BCUT2D eigenvalue weighted by molar-refractivity contribution is -0.385. The molecular weight excluding hydrogens is 408 g/mol. The van der Waals surface area contributed by atoms with Crippen LogP contribution in [0.5, 0.6) is 5.75 Å². The molecule has 0 aliphatic heterocycles. The second kappa shape index (κ2) is 7.79. The van der Waals surface area contributed by atoms with Gasteiger partial charge in [0, 0.05) is 29.4 Å². The van der Waals surface area contributed by atoms with Crippen LogP contribution in [0.15, 0.2) is 64.6 Å². The molecule has 2 aromatic rings. The molecule has 156 valence electrons. The van der Waals surface area contributed by atoms with Gasteiger partial charge in [-0.05, 0) is 49.1 Å². The smallest absolute Gasteiger partial charge is 0.270 e. The van der Waals surface area contributed by atoms with Gasteiger partial charge in [-0.3, -0.25) is 20.3 Å². The topological polar surface area (TPSA) is 123 Å². The first kappa shape index (κ1) is 19.9. The zero-order valence-corrected chi connectivity index (χ0v) is 16.9. The van der Waals surface area contributed by atoms with E-state index in [-0.39, 0.29) is 16.3 Å². The molecule has 0 heterocycles. The summed E-state index contributed by atoms with van der Waals surface area (Å²) in [5.41, 5.74) is 3.92. The minimum Gasteiger partial charge on any atom is -0.497 e. The standard InChI is InChI=1S/C20H20N4O5S/c1-29-16-8-5-14(6-9-16)23-30(27,28)20-12-15(24(25)26)7-10-18(20)21-22-19-11-13-3-2-4-17(13)19/h2-3,5-10,12-13,17,21,23H,4,11H2,1H3/b22-19+. The minimum atomic E-state index is -4.11. The molecule has 2 aromatic carbocycles. The van der Waals surface area contributed by atoms with E-state index in [0.29, 0.717) is 23.3 Å². The van der Waals surface area contributed by atoms with Crippen LogP contribution in [0.1, 0.15) is 12.8 Å². The summed E-state index contributed by atoms with van der Waals surface area (Å²) in [6, 6.07) is 9.93. The van der Waals surface area contributed by atoms with Crippen molar-refractivity contribution < 1.29 is 18.1 Å². The third-order valence-corrected chi connectivity index (χ3v) is 6.71. The second-order valence-corrected chi connectivity index (χ2v) is 8.78. The molecule has 9 nitrogen and oxygen atoms in total. The van der Waals surface area contributed by atoms with Crippen LogP contribution >= 0.6 is 0 Å². The van der Waals surface area contributed by atoms with Crippen LogP contribution in [-0.4, -0.2) is 26.2 Å². The lowest BCUT2D eigenvalue weighted by Crippen LogP contribution is -2.33. The summed E-state index contributed by atoms with van der Waals surface area (Å²) < 4.78 is 33.5. The van der Waals surface area contributed by atoms with Crippen LogP contribution < -0.4 is 14.9 Å². The lowest BCUT2D eigenvalue weighted by atomic mass is 9.74. The van der Waals surface area contributed by atoms with Crippen molar-refractivity contribution >= 4 is 32.8 Å². The summed E-state index contributed by atoms with van der Waals surface area (Å²) in [5.74, 6) is 1.43. The number of nitro groups is 1. The Labute approximate surface area is 173 Å². The molecule has 2 aliphatic rings. The maximum Gasteiger partial charge on any atom is 0.270 e. The number of anilines is 2. The van der Waals surface area contributed by atoms with Gasteiger partial charge < -0.3 is 4.74 Å². The molecule has 1 saturated carbocycles. The molecule has 4 rings (SSSR count). The van der Waals surface area contributed by atoms with Gasteiger partial charge in [-0.25, -0.2) is 8.42 Å². The van der Waals surface area contributed by atoms with E-state index in [1.54, 1.807) is 24.3 Å². The molecule has 2 unspecified atom stereocenters. The molecule has 0 saturated heterocycles. The zero-order chi connectivity index (χ0) is 21.3. The fourth-order valence-electron chi connectivity index (χ4n) is 3.60. The number of nitrogens with one attached hydrogen (secondary N) is 2. The Kier molecular flexibility index (Phi) is 5.17. The zero-order valence-electron chi connectivity index (χ0n) is 16.1. The van der Waals surface area contributed by atoms with E-state index in [9.17, 15) is 18.5 Å². The van der Waals surface area contributed by atoms with Gasteiger partial charge in [0.15, 0.2) is 0 Å². The summed E-state index contributed by atoms with van der Waals surface area (Å²) in [7, 11) is -2.61. The van der Waals surface area contributed by atoms with Crippen LogP contribution in [0, 0.1) is 22.0 Å². The molecule has 0 bridgehead atoms. The number of benzene rings is 2. The van der Waals surface area contributed by atoms with Crippen LogP contribution in [-0.2, 0) is 10.0 Å². The minimum absolute atomic E-state index is 0.170. The molecule has 0 spiro atoms. The van der Waals surface area contributed by atoms with E-state index in [4.69, 9.17) is 4.74 Å². The average molecular weight is 428 g/mol. The molecule has 0 radical (unpaired) electrons. The van der Waals surface area contributed by atoms with E-state index in [1.807, 2.05) is 0 Å². The molecule has 0 aromatic heterocycles. The van der Waals surface area contributed by atoms with Gasteiger partial charge in [0.25, 0.3) is 15.7 Å². The highest BCUT2D eigenvalue weighted by molar-refractivity contribution is 7.92. The molecule has 30 heavy (non-hydrogen) atoms. The SMILES string of the molecule is COc1ccc(NS(=O)(=O)c2cc([N+](=O)[O-])ccc2N/N=C2\CC3C=CCC23)cc1. The quantitative estimate of drug-likeness (QED) is 0.393. The summed E-state index contributed by atoms with van der Waals surface area (Å²) in [6.45, 7) is 0. The van der Waals surface area contributed by atoms with Crippen LogP contribution in [0.4, 0.5) is 17.1 Å². The Morgan fingerprint density at radius 3 is 2.63 bits per heavy atom. The predicted octanol–water partition coefficient (Wildman–Crippen LogP) is 3.77. The maximum atomic E-state index is 13.0. The summed E-state index contributed by atoms with van der Waals surface area (Å²) in [5, 5.41) is 15.6. The maximum absolute atomic E-state index is 13.0. The van der Waals surface area contributed by atoms with Gasteiger partial charge in [-0.15, -0.1) is 0 Å². The summed E-state index contributed by atoms with van der Waals surface area (Å²) in [4.78, 5) is 10.3. The Morgan fingerprint density at radius 2 is 1.97 bits per heavy atom. The van der Waals surface area contributed by atoms with E-state index in [1.165, 1.54) is 19.2 Å². The first-order chi connectivity index (χ1) is 14.4. The molecule has 2 aliphatic carbocycles. The van der Waals surface area contributed by atoms with E-state index >= 15 is 0 Å². The average Bonchev–Trinajstić information content (AvgIpc) is 3.09. The van der Waals surface area contributed by atoms with E-state index in [2.05, 4.69) is 27.4 Å². The van der Waals surface area contributed by atoms with Crippen molar-refractivity contribution in [3.05, 3.63) is 64.7 Å². The van der Waals surface area contributed by atoms with Crippen molar-refractivity contribution in [2.45, 2.75) is 17.7 Å². The number of rotatable bonds is 7. The van der Waals surface area contributed by atoms with Crippen molar-refractivity contribution in [1.82, 2.24) is 0 Å². The fourth-order valence-corrected chi connectivity index (χ4v) is 4.84. The van der Waals surface area contributed by atoms with Crippen molar-refractivity contribution in [2.24, 2.45) is 16.9 Å². The highest BCUT2D eigenvalue weighted by Crippen LogP contribution is 2.40. The molecular formula is C20H20N4O5S. The van der Waals surface area contributed by atoms with Gasteiger partial charge in [0.1, 0.15) is 10.6 Å². The number of ether oxygens (including phenoxy) is 1. The number of fused-ring (bicyclic) bond motifs is 1. The van der Waals surface area contributed by atoms with Crippen LogP contribution in [0.25, 0.3) is 0 Å². The number of non-ortho nitro benzene ring substituents is 1. The number of hydrogen-bond acceptors (Lipinski definition) is 7. The number of nitrogens with zero attached hydrogens (tertiary/aromatic N) is 2. The van der Waals surface area contributed by atoms with E-state index in [0.717, 1.165) is 24.6 Å². The molecule has 10 heteroatoms. The number of nitro benzene ring substituents is 1. The molecule has 2 N–H and O–H groups in total. The van der Waals surface area contributed by atoms with Gasteiger partial charge in [-0.2, -0.15) is 5.10 Å². The summed E-state index contributed by atoms with van der Waals surface area (Å²) >= 11 is 0. The summed E-state index contributed by atoms with van der Waals surface area (Å²) in [6.07, 6.45) is 6.05. The number of methoxy groups -OCH3 is 1. The Morgan fingerprint density at radius 1 is 1.20 bits per heavy atom. The second-order valence-electron chi connectivity index (χ2n) is 7.12. The number of hydrazone groups is 1. The van der Waals surface area contributed by atoms with Gasteiger partial charge >= 0.3 is 0 Å². The molecule has 2 atom stereocenters. The monoisotopic (exact) mass is 428 g/mol. The first-order valence-electron chi connectivity index (χ1n) is 9.32. The normalized spacial score (nSPS) is 21.0. The Bertz CT molecular complexity index is 1140. The number of sulfonamides is 1. The first-order valence-corrected chi connectivity index (χ1v) is 10.8. The van der Waals surface area contributed by atoms with Crippen molar-refractivity contribution in [2.75, 3.05) is 17.3 Å². The third-order valence-electron chi connectivity index (χ3n) is 5.29. The number of allylic oxidation sites excluding steroid dienone is 2.